The fraction of sp³-hybridized carbons (Fsp3) is 0.667. The molecule has 0 bridgehead atoms. The van der Waals surface area contributed by atoms with Crippen LogP contribution in [0.4, 0.5) is 0 Å². The van der Waals surface area contributed by atoms with Crippen LogP contribution in [0.15, 0.2) is 4.99 Å². The van der Waals surface area contributed by atoms with Crippen LogP contribution in [0.25, 0.3) is 0 Å². The number of carbonyl (C=O) groups excluding carboxylic acids is 1. The molecule has 15 heavy (non-hydrogen) atoms. The highest BCUT2D eigenvalue weighted by Crippen LogP contribution is 2.21. The molecule has 0 fully saturated rings. The normalized spacial score (nSPS) is 18.3. The molecule has 0 aliphatic carbocycles. The van der Waals surface area contributed by atoms with E-state index in [9.17, 15) is 4.79 Å². The Morgan fingerprint density at radius 1 is 1.67 bits per heavy atom. The van der Waals surface area contributed by atoms with Crippen molar-refractivity contribution in [2.75, 3.05) is 12.4 Å². The molecule has 1 rings (SSSR count). The lowest BCUT2D eigenvalue weighted by Gasteiger charge is -2.05. The number of ether oxygens (including phenoxy) is 2. The smallest absolute Gasteiger partial charge is 0.340 e. The molecule has 1 heterocycles. The topological polar surface area (TPSA) is 47.9 Å². The van der Waals surface area contributed by atoms with Gasteiger partial charge in [-0.25, -0.2) is 9.79 Å². The van der Waals surface area contributed by atoms with Crippen LogP contribution >= 0.6 is 24.0 Å². The lowest BCUT2D eigenvalue weighted by atomic mass is 10.1. The third-order valence-electron chi connectivity index (χ3n) is 1.69. The number of rotatable bonds is 3. The van der Waals surface area contributed by atoms with Gasteiger partial charge in [-0.2, -0.15) is 0 Å². The Hall–Kier alpha value is -0.620. The van der Waals surface area contributed by atoms with Gasteiger partial charge < -0.3 is 9.47 Å². The first-order valence-electron chi connectivity index (χ1n) is 4.56. The van der Waals surface area contributed by atoms with E-state index >= 15 is 0 Å². The van der Waals surface area contributed by atoms with E-state index in [1.165, 1.54) is 11.8 Å². The SMILES string of the molecule is CCOC(=S)SCC1=NC(C)(C)C(=O)O1. The molecule has 0 unspecified atom stereocenters. The van der Waals surface area contributed by atoms with E-state index in [1.807, 2.05) is 6.92 Å². The highest BCUT2D eigenvalue weighted by molar-refractivity contribution is 8.23. The number of carbonyl (C=O) groups is 1. The van der Waals surface area contributed by atoms with Crippen LogP contribution in [0.2, 0.25) is 0 Å². The van der Waals surface area contributed by atoms with Crippen LogP contribution in [0.3, 0.4) is 0 Å². The molecule has 0 aromatic carbocycles. The fourth-order valence-corrected chi connectivity index (χ4v) is 1.81. The van der Waals surface area contributed by atoms with Gasteiger partial charge in [0.15, 0.2) is 5.54 Å². The zero-order chi connectivity index (χ0) is 11.5. The predicted molar refractivity (Wildman–Crippen MR) is 64.3 cm³/mol. The third kappa shape index (κ3) is 3.46. The Balaban J connectivity index is 2.42. The monoisotopic (exact) mass is 247 g/mol. The molecule has 0 atom stereocenters. The van der Waals surface area contributed by atoms with Gasteiger partial charge in [-0.15, -0.1) is 0 Å². The summed E-state index contributed by atoms with van der Waals surface area (Å²) in [5.74, 6) is 0.533. The molecule has 0 aromatic rings. The van der Waals surface area contributed by atoms with Crippen LogP contribution in [0.1, 0.15) is 20.8 Å². The van der Waals surface area contributed by atoms with Crippen LogP contribution in [-0.2, 0) is 14.3 Å². The van der Waals surface area contributed by atoms with Crippen LogP contribution in [0.5, 0.6) is 0 Å². The van der Waals surface area contributed by atoms with Gasteiger partial charge in [-0.1, -0.05) is 11.8 Å². The Morgan fingerprint density at radius 3 is 2.80 bits per heavy atom. The predicted octanol–water partition coefficient (Wildman–Crippen LogP) is 1.77. The van der Waals surface area contributed by atoms with Crippen molar-refractivity contribution in [3.8, 4) is 0 Å². The molecule has 0 aromatic heterocycles. The minimum atomic E-state index is -0.761. The second-order valence-corrected chi connectivity index (χ2v) is 5.00. The summed E-state index contributed by atoms with van der Waals surface area (Å²) in [7, 11) is 0. The minimum Gasteiger partial charge on any atom is -0.479 e. The molecule has 1 aliphatic heterocycles. The van der Waals surface area contributed by atoms with Gasteiger partial charge >= 0.3 is 5.97 Å². The summed E-state index contributed by atoms with van der Waals surface area (Å²) in [6, 6.07) is 0. The molecule has 0 saturated heterocycles. The number of aliphatic imine (C=N–C) groups is 1. The largest absolute Gasteiger partial charge is 0.479 e. The first-order valence-corrected chi connectivity index (χ1v) is 5.95. The molecule has 1 aliphatic rings. The lowest BCUT2D eigenvalue weighted by Crippen LogP contribution is -2.25. The van der Waals surface area contributed by atoms with Crippen molar-refractivity contribution in [2.45, 2.75) is 26.3 Å². The third-order valence-corrected chi connectivity index (χ3v) is 2.91. The molecule has 0 saturated carbocycles. The molecule has 0 spiro atoms. The summed E-state index contributed by atoms with van der Waals surface area (Å²) in [5.41, 5.74) is -0.761. The summed E-state index contributed by atoms with van der Waals surface area (Å²) < 4.78 is 10.5. The highest BCUT2D eigenvalue weighted by Gasteiger charge is 2.36. The molecule has 6 heteroatoms. The van der Waals surface area contributed by atoms with E-state index < -0.39 is 5.54 Å². The van der Waals surface area contributed by atoms with Gasteiger partial charge in [0.2, 0.25) is 10.3 Å². The molecule has 84 valence electrons. The van der Waals surface area contributed by atoms with Crippen molar-refractivity contribution in [2.24, 2.45) is 4.99 Å². The Labute approximate surface area is 98.4 Å². The quantitative estimate of drug-likeness (QED) is 0.562. The van der Waals surface area contributed by atoms with Crippen LogP contribution in [-0.4, -0.2) is 34.1 Å². The summed E-state index contributed by atoms with van der Waals surface area (Å²) in [6.45, 7) is 5.84. The molecular weight excluding hydrogens is 234 g/mol. The fourth-order valence-electron chi connectivity index (χ4n) is 0.954. The average molecular weight is 247 g/mol. The van der Waals surface area contributed by atoms with Crippen molar-refractivity contribution < 1.29 is 14.3 Å². The Morgan fingerprint density at radius 2 is 2.33 bits per heavy atom. The van der Waals surface area contributed by atoms with E-state index in [1.54, 1.807) is 13.8 Å². The van der Waals surface area contributed by atoms with Crippen LogP contribution < -0.4 is 0 Å². The van der Waals surface area contributed by atoms with Crippen molar-refractivity contribution in [3.63, 3.8) is 0 Å². The standard InChI is InChI=1S/C9H13NO3S2/c1-4-12-8(14)15-5-6-10-9(2,3)7(11)13-6/h4-5H2,1-3H3. The summed E-state index contributed by atoms with van der Waals surface area (Å²) in [4.78, 5) is 15.4. The maximum atomic E-state index is 11.3. The second kappa shape index (κ2) is 4.94. The lowest BCUT2D eigenvalue weighted by molar-refractivity contribution is -0.137. The van der Waals surface area contributed by atoms with Gasteiger partial charge in [0, 0.05) is 0 Å². The molecular formula is C9H13NO3S2. The van der Waals surface area contributed by atoms with E-state index in [-0.39, 0.29) is 5.97 Å². The Kier molecular flexibility index (Phi) is 4.10. The summed E-state index contributed by atoms with van der Waals surface area (Å²) >= 11 is 6.22. The van der Waals surface area contributed by atoms with Gasteiger partial charge in [0.1, 0.15) is 0 Å². The molecule has 0 radical (unpaired) electrons. The number of hydrogen-bond acceptors (Lipinski definition) is 6. The van der Waals surface area contributed by atoms with Gasteiger partial charge in [-0.3, -0.25) is 0 Å². The number of esters is 1. The highest BCUT2D eigenvalue weighted by atomic mass is 32.2. The van der Waals surface area contributed by atoms with Gasteiger partial charge in [0.25, 0.3) is 0 Å². The summed E-state index contributed by atoms with van der Waals surface area (Å²) in [6.07, 6.45) is 0. The number of hydrogen-bond donors (Lipinski definition) is 0. The number of thiocarbonyl (C=S) groups is 1. The maximum absolute atomic E-state index is 11.3. The zero-order valence-electron chi connectivity index (χ0n) is 8.90. The molecule has 0 N–H and O–H groups in total. The molecule has 4 nitrogen and oxygen atoms in total. The molecule has 0 amide bonds. The average Bonchev–Trinajstić information content (AvgIpc) is 2.38. The van der Waals surface area contributed by atoms with E-state index in [0.29, 0.717) is 22.6 Å². The van der Waals surface area contributed by atoms with Crippen molar-refractivity contribution in [1.29, 1.82) is 0 Å². The van der Waals surface area contributed by atoms with Crippen molar-refractivity contribution in [1.82, 2.24) is 0 Å². The Bertz CT molecular complexity index is 312. The van der Waals surface area contributed by atoms with E-state index in [0.717, 1.165) is 0 Å². The van der Waals surface area contributed by atoms with Gasteiger partial charge in [0.05, 0.1) is 12.4 Å². The number of thioether (sulfide) groups is 1. The van der Waals surface area contributed by atoms with Crippen molar-refractivity contribution >= 4 is 40.2 Å². The van der Waals surface area contributed by atoms with Crippen molar-refractivity contribution in [3.05, 3.63) is 0 Å². The first kappa shape index (κ1) is 12.4. The van der Waals surface area contributed by atoms with E-state index in [4.69, 9.17) is 21.7 Å². The minimum absolute atomic E-state index is 0.319. The summed E-state index contributed by atoms with van der Waals surface area (Å²) in [5, 5.41) is 0. The van der Waals surface area contributed by atoms with E-state index in [2.05, 4.69) is 4.99 Å². The number of nitrogens with zero attached hydrogens (tertiary/aromatic N) is 1. The maximum Gasteiger partial charge on any atom is 0.340 e. The second-order valence-electron chi connectivity index (χ2n) is 3.43. The number of cyclic esters (lactones) is 1. The van der Waals surface area contributed by atoms with Crippen LogP contribution in [0, 0.1) is 0 Å². The first-order chi connectivity index (χ1) is 6.95. The van der Waals surface area contributed by atoms with Gasteiger partial charge in [-0.05, 0) is 33.0 Å². The zero-order valence-corrected chi connectivity index (χ0v) is 10.5.